The molecule has 0 saturated heterocycles. The van der Waals surface area contributed by atoms with Crippen LogP contribution in [0.15, 0.2) is 52.2 Å². The molecule has 108 valence electrons. The Morgan fingerprint density at radius 1 is 1.19 bits per heavy atom. The van der Waals surface area contributed by atoms with E-state index in [1.807, 2.05) is 5.43 Å². The number of nitrogens with zero attached hydrogens (tertiary/aromatic N) is 1. The Kier molecular flexibility index (Phi) is 4.81. The van der Waals surface area contributed by atoms with Gasteiger partial charge in [-0.25, -0.2) is 9.82 Å². The zero-order valence-electron chi connectivity index (χ0n) is 10.9. The van der Waals surface area contributed by atoms with Gasteiger partial charge >= 0.3 is 11.8 Å². The van der Waals surface area contributed by atoms with Crippen molar-refractivity contribution in [3.8, 4) is 0 Å². The third-order valence-electron chi connectivity index (χ3n) is 2.48. The summed E-state index contributed by atoms with van der Waals surface area (Å²) in [6, 6.07) is 9.24. The molecule has 6 nitrogen and oxygen atoms in total. The molecule has 1 heterocycles. The van der Waals surface area contributed by atoms with Gasteiger partial charge in [-0.2, -0.15) is 5.10 Å². The van der Waals surface area contributed by atoms with Gasteiger partial charge in [0.1, 0.15) is 11.6 Å². The highest BCUT2D eigenvalue weighted by atomic mass is 19.1. The second-order valence-corrected chi connectivity index (χ2v) is 3.98. The summed E-state index contributed by atoms with van der Waals surface area (Å²) < 4.78 is 18.3. The van der Waals surface area contributed by atoms with E-state index >= 15 is 0 Å². The fourth-order valence-corrected chi connectivity index (χ4v) is 1.45. The number of amides is 2. The van der Waals surface area contributed by atoms with Gasteiger partial charge in [0, 0.05) is 5.56 Å². The van der Waals surface area contributed by atoms with Crippen molar-refractivity contribution in [1.29, 1.82) is 0 Å². The van der Waals surface area contributed by atoms with Gasteiger partial charge in [0.2, 0.25) is 0 Å². The standard InChI is InChI=1S/C14H12FN3O3/c15-12-6-2-1-4-10(12)8-17-18-14(20)13(19)16-9-11-5-3-7-21-11/h1-8H,9H2,(H,16,19)(H,18,20)/b17-8-. The number of carbonyl (C=O) groups is 2. The zero-order chi connectivity index (χ0) is 15.1. The number of furan rings is 1. The van der Waals surface area contributed by atoms with Crippen molar-refractivity contribution >= 4 is 18.0 Å². The van der Waals surface area contributed by atoms with Crippen LogP contribution in [0.3, 0.4) is 0 Å². The van der Waals surface area contributed by atoms with Gasteiger partial charge in [0.15, 0.2) is 0 Å². The van der Waals surface area contributed by atoms with Crippen molar-refractivity contribution in [2.75, 3.05) is 0 Å². The monoisotopic (exact) mass is 289 g/mol. The molecule has 0 unspecified atom stereocenters. The normalized spacial score (nSPS) is 10.5. The average molecular weight is 289 g/mol. The highest BCUT2D eigenvalue weighted by Gasteiger charge is 2.12. The molecule has 7 heteroatoms. The lowest BCUT2D eigenvalue weighted by molar-refractivity contribution is -0.139. The SMILES string of the molecule is O=C(NCc1ccco1)C(=O)N/N=C\c1ccccc1F. The maximum absolute atomic E-state index is 13.3. The predicted octanol–water partition coefficient (Wildman–Crippen LogP) is 1.19. The predicted molar refractivity (Wildman–Crippen MR) is 72.7 cm³/mol. The van der Waals surface area contributed by atoms with Gasteiger partial charge in [0.05, 0.1) is 19.0 Å². The zero-order valence-corrected chi connectivity index (χ0v) is 10.9. The fraction of sp³-hybridized carbons (Fsp3) is 0.0714. The van der Waals surface area contributed by atoms with E-state index in [4.69, 9.17) is 4.42 Å². The maximum Gasteiger partial charge on any atom is 0.329 e. The Hall–Kier alpha value is -2.96. The van der Waals surface area contributed by atoms with Crippen LogP contribution in [0.5, 0.6) is 0 Å². The van der Waals surface area contributed by atoms with E-state index in [9.17, 15) is 14.0 Å². The molecule has 2 N–H and O–H groups in total. The van der Waals surface area contributed by atoms with Crippen LogP contribution in [0.2, 0.25) is 0 Å². The molecule has 0 radical (unpaired) electrons. The quantitative estimate of drug-likeness (QED) is 0.503. The number of hydrazone groups is 1. The number of carbonyl (C=O) groups excluding carboxylic acids is 2. The number of hydrogen-bond donors (Lipinski definition) is 2. The number of rotatable bonds is 4. The van der Waals surface area contributed by atoms with E-state index in [0.29, 0.717) is 5.76 Å². The molecule has 0 atom stereocenters. The molecule has 1 aromatic carbocycles. The van der Waals surface area contributed by atoms with Gasteiger partial charge in [-0.15, -0.1) is 0 Å². The van der Waals surface area contributed by atoms with Crippen molar-refractivity contribution in [3.63, 3.8) is 0 Å². The lowest BCUT2D eigenvalue weighted by Crippen LogP contribution is -2.37. The van der Waals surface area contributed by atoms with Crippen LogP contribution in [0, 0.1) is 5.82 Å². The minimum atomic E-state index is -0.950. The molecular formula is C14H12FN3O3. The van der Waals surface area contributed by atoms with Crippen LogP contribution in [-0.4, -0.2) is 18.0 Å². The minimum Gasteiger partial charge on any atom is -0.467 e. The molecule has 1 aromatic heterocycles. The molecule has 0 aliphatic rings. The van der Waals surface area contributed by atoms with Gasteiger partial charge in [-0.3, -0.25) is 9.59 Å². The summed E-state index contributed by atoms with van der Waals surface area (Å²) in [5.74, 6) is -1.77. The molecular weight excluding hydrogens is 277 g/mol. The van der Waals surface area contributed by atoms with Crippen LogP contribution in [0.25, 0.3) is 0 Å². The third kappa shape index (κ3) is 4.27. The number of nitrogens with one attached hydrogen (secondary N) is 2. The molecule has 2 aromatic rings. The van der Waals surface area contributed by atoms with Crippen LogP contribution in [-0.2, 0) is 16.1 Å². The average Bonchev–Trinajstić information content (AvgIpc) is 3.00. The highest BCUT2D eigenvalue weighted by Crippen LogP contribution is 2.02. The third-order valence-corrected chi connectivity index (χ3v) is 2.48. The highest BCUT2D eigenvalue weighted by molar-refractivity contribution is 6.35. The summed E-state index contributed by atoms with van der Waals surface area (Å²) in [6.07, 6.45) is 2.58. The van der Waals surface area contributed by atoms with E-state index in [0.717, 1.165) is 6.21 Å². The summed E-state index contributed by atoms with van der Waals surface area (Å²) >= 11 is 0. The Morgan fingerprint density at radius 2 is 2.00 bits per heavy atom. The fourth-order valence-electron chi connectivity index (χ4n) is 1.45. The first kappa shape index (κ1) is 14.4. The molecule has 0 aliphatic heterocycles. The summed E-state index contributed by atoms with van der Waals surface area (Å²) in [5.41, 5.74) is 2.21. The molecule has 2 amide bonds. The molecule has 0 aliphatic carbocycles. The summed E-state index contributed by atoms with van der Waals surface area (Å²) in [5, 5.41) is 5.87. The van der Waals surface area contributed by atoms with Crippen LogP contribution < -0.4 is 10.7 Å². The Labute approximate surface area is 119 Å². The summed E-state index contributed by atoms with van der Waals surface area (Å²) in [4.78, 5) is 22.9. The Bertz CT molecular complexity index is 653. The van der Waals surface area contributed by atoms with Gasteiger partial charge < -0.3 is 9.73 Å². The van der Waals surface area contributed by atoms with Crippen LogP contribution >= 0.6 is 0 Å². The Morgan fingerprint density at radius 3 is 2.71 bits per heavy atom. The molecule has 0 spiro atoms. The number of halogens is 1. The van der Waals surface area contributed by atoms with Crippen molar-refractivity contribution in [2.24, 2.45) is 5.10 Å². The van der Waals surface area contributed by atoms with E-state index in [2.05, 4.69) is 10.4 Å². The molecule has 2 rings (SSSR count). The van der Waals surface area contributed by atoms with Crippen molar-refractivity contribution in [3.05, 3.63) is 59.8 Å². The summed E-state index contributed by atoms with van der Waals surface area (Å²) in [7, 11) is 0. The molecule has 0 bridgehead atoms. The van der Waals surface area contributed by atoms with Gasteiger partial charge in [0.25, 0.3) is 0 Å². The lowest BCUT2D eigenvalue weighted by Gasteiger charge is -2.01. The molecule has 0 saturated carbocycles. The lowest BCUT2D eigenvalue weighted by atomic mass is 10.2. The Balaban J connectivity index is 1.81. The van der Waals surface area contributed by atoms with Gasteiger partial charge in [-0.05, 0) is 18.2 Å². The molecule has 0 fully saturated rings. The minimum absolute atomic E-state index is 0.0935. The van der Waals surface area contributed by atoms with Crippen molar-refractivity contribution < 1.29 is 18.4 Å². The van der Waals surface area contributed by atoms with E-state index in [1.165, 1.54) is 24.5 Å². The first-order valence-electron chi connectivity index (χ1n) is 6.05. The first-order valence-corrected chi connectivity index (χ1v) is 6.05. The van der Waals surface area contributed by atoms with Crippen molar-refractivity contribution in [1.82, 2.24) is 10.7 Å². The first-order chi connectivity index (χ1) is 10.2. The topological polar surface area (TPSA) is 83.7 Å². The van der Waals surface area contributed by atoms with E-state index < -0.39 is 17.6 Å². The van der Waals surface area contributed by atoms with E-state index in [1.54, 1.807) is 18.2 Å². The molecule has 21 heavy (non-hydrogen) atoms. The number of hydrogen-bond acceptors (Lipinski definition) is 4. The van der Waals surface area contributed by atoms with E-state index in [-0.39, 0.29) is 12.1 Å². The van der Waals surface area contributed by atoms with Crippen molar-refractivity contribution in [2.45, 2.75) is 6.54 Å². The van der Waals surface area contributed by atoms with Crippen LogP contribution in [0.1, 0.15) is 11.3 Å². The summed E-state index contributed by atoms with van der Waals surface area (Å²) in [6.45, 7) is 0.0935. The smallest absolute Gasteiger partial charge is 0.329 e. The number of benzene rings is 1. The second-order valence-electron chi connectivity index (χ2n) is 3.98. The maximum atomic E-state index is 13.3. The van der Waals surface area contributed by atoms with Crippen LogP contribution in [0.4, 0.5) is 4.39 Å². The van der Waals surface area contributed by atoms with Gasteiger partial charge in [-0.1, -0.05) is 18.2 Å². The largest absolute Gasteiger partial charge is 0.467 e. The second kappa shape index (κ2) is 6.99.